The molecule has 0 fully saturated rings. The summed E-state index contributed by atoms with van der Waals surface area (Å²) in [4.78, 5) is 0. The molecular weight excluding hydrogens is 655 g/mol. The molecule has 54 heavy (non-hydrogen) atoms. The summed E-state index contributed by atoms with van der Waals surface area (Å²) >= 11 is 0. The molecule has 1 aliphatic carbocycles. The molecule has 0 aliphatic heterocycles. The SMILES string of the molecule is c1ccc(-c2cccc(-c3cccc(-n4c5ccccc5c5cc(-c6ccc7oc8cc9c%10c(cccc%10c8c7c6)-c6ccccc6-9)ccc54)c3)c2)cc1. The van der Waals surface area contributed by atoms with E-state index in [2.05, 4.69) is 193 Å². The smallest absolute Gasteiger partial charge is 0.136 e. The van der Waals surface area contributed by atoms with E-state index in [1.807, 2.05) is 0 Å². The van der Waals surface area contributed by atoms with Crippen molar-refractivity contribution in [1.82, 2.24) is 4.57 Å². The predicted molar refractivity (Wildman–Crippen MR) is 226 cm³/mol. The van der Waals surface area contributed by atoms with Crippen LogP contribution in [-0.2, 0) is 0 Å². The molecule has 0 radical (unpaired) electrons. The van der Waals surface area contributed by atoms with Crippen LogP contribution in [0.4, 0.5) is 0 Å². The summed E-state index contributed by atoms with van der Waals surface area (Å²) in [6.07, 6.45) is 0. The van der Waals surface area contributed by atoms with Gasteiger partial charge < -0.3 is 8.98 Å². The van der Waals surface area contributed by atoms with Gasteiger partial charge in [0.15, 0.2) is 0 Å². The molecule has 0 amide bonds. The number of para-hydroxylation sites is 1. The van der Waals surface area contributed by atoms with Gasteiger partial charge in [0.05, 0.1) is 11.0 Å². The second kappa shape index (κ2) is 11.2. The number of benzene rings is 9. The van der Waals surface area contributed by atoms with Gasteiger partial charge in [-0.15, -0.1) is 0 Å². The number of aromatic nitrogens is 1. The topological polar surface area (TPSA) is 18.1 Å². The normalized spacial score (nSPS) is 12.1. The fraction of sp³-hybridized carbons (Fsp3) is 0. The number of nitrogens with zero attached hydrogens (tertiary/aromatic N) is 1. The van der Waals surface area contributed by atoms with Crippen LogP contribution in [0.1, 0.15) is 0 Å². The van der Waals surface area contributed by atoms with Gasteiger partial charge in [0.1, 0.15) is 11.2 Å². The molecule has 250 valence electrons. The fourth-order valence-electron chi connectivity index (χ4n) is 9.08. The van der Waals surface area contributed by atoms with Crippen LogP contribution in [0.2, 0.25) is 0 Å². The summed E-state index contributed by atoms with van der Waals surface area (Å²) in [6.45, 7) is 0. The fourth-order valence-corrected chi connectivity index (χ4v) is 9.08. The summed E-state index contributed by atoms with van der Waals surface area (Å²) in [6, 6.07) is 68.4. The largest absolute Gasteiger partial charge is 0.456 e. The third kappa shape index (κ3) is 4.22. The number of fused-ring (bicyclic) bond motifs is 10. The molecule has 1 aliphatic rings. The molecular formula is C52H31NO. The van der Waals surface area contributed by atoms with E-state index in [0.717, 1.165) is 22.2 Å². The third-order valence-corrected chi connectivity index (χ3v) is 11.5. The second-order valence-corrected chi connectivity index (χ2v) is 14.5. The molecule has 0 atom stereocenters. The summed E-state index contributed by atoms with van der Waals surface area (Å²) in [5.41, 5.74) is 17.7. The van der Waals surface area contributed by atoms with E-state index >= 15 is 0 Å². The van der Waals surface area contributed by atoms with E-state index in [4.69, 9.17) is 4.42 Å². The van der Waals surface area contributed by atoms with Crippen molar-refractivity contribution in [2.45, 2.75) is 0 Å². The lowest BCUT2D eigenvalue weighted by atomic mass is 9.96. The van der Waals surface area contributed by atoms with Gasteiger partial charge in [0.25, 0.3) is 0 Å². The molecule has 0 saturated heterocycles. The lowest BCUT2D eigenvalue weighted by Gasteiger charge is -2.12. The van der Waals surface area contributed by atoms with E-state index in [1.165, 1.54) is 93.6 Å². The molecule has 0 saturated carbocycles. The molecule has 12 rings (SSSR count). The van der Waals surface area contributed by atoms with Crippen molar-refractivity contribution in [1.29, 1.82) is 0 Å². The average molecular weight is 686 g/mol. The van der Waals surface area contributed by atoms with Crippen LogP contribution in [0.15, 0.2) is 192 Å². The van der Waals surface area contributed by atoms with Crippen molar-refractivity contribution < 1.29 is 4.42 Å². The molecule has 0 spiro atoms. The molecule has 0 unspecified atom stereocenters. The lowest BCUT2D eigenvalue weighted by Crippen LogP contribution is -1.94. The molecule has 0 N–H and O–H groups in total. The van der Waals surface area contributed by atoms with Crippen molar-refractivity contribution in [2.24, 2.45) is 0 Å². The van der Waals surface area contributed by atoms with E-state index in [9.17, 15) is 0 Å². The first-order valence-electron chi connectivity index (χ1n) is 18.6. The lowest BCUT2D eigenvalue weighted by molar-refractivity contribution is 0.669. The Morgan fingerprint density at radius 3 is 1.76 bits per heavy atom. The van der Waals surface area contributed by atoms with Crippen LogP contribution in [-0.4, -0.2) is 4.57 Å². The summed E-state index contributed by atoms with van der Waals surface area (Å²) < 4.78 is 8.99. The van der Waals surface area contributed by atoms with Crippen LogP contribution in [0.3, 0.4) is 0 Å². The Hall–Kier alpha value is -7.16. The first-order chi connectivity index (χ1) is 26.8. The van der Waals surface area contributed by atoms with Crippen molar-refractivity contribution >= 4 is 54.5 Å². The predicted octanol–water partition coefficient (Wildman–Crippen LogP) is 14.5. The van der Waals surface area contributed by atoms with Gasteiger partial charge in [-0.1, -0.05) is 133 Å². The Labute approximate surface area is 311 Å². The number of hydrogen-bond donors (Lipinski definition) is 0. The van der Waals surface area contributed by atoms with Crippen LogP contribution < -0.4 is 0 Å². The molecule has 2 heterocycles. The van der Waals surface area contributed by atoms with Crippen molar-refractivity contribution in [3.8, 4) is 61.3 Å². The molecule has 2 aromatic heterocycles. The van der Waals surface area contributed by atoms with E-state index in [-0.39, 0.29) is 0 Å². The van der Waals surface area contributed by atoms with Gasteiger partial charge in [0.2, 0.25) is 0 Å². The van der Waals surface area contributed by atoms with Crippen LogP contribution in [0.5, 0.6) is 0 Å². The van der Waals surface area contributed by atoms with Gasteiger partial charge in [-0.3, -0.25) is 0 Å². The van der Waals surface area contributed by atoms with Crippen LogP contribution >= 0.6 is 0 Å². The van der Waals surface area contributed by atoms with Gasteiger partial charge >= 0.3 is 0 Å². The van der Waals surface area contributed by atoms with E-state index in [0.29, 0.717) is 0 Å². The minimum Gasteiger partial charge on any atom is -0.456 e. The first kappa shape index (κ1) is 29.4. The van der Waals surface area contributed by atoms with Crippen molar-refractivity contribution in [3.63, 3.8) is 0 Å². The zero-order chi connectivity index (χ0) is 35.3. The van der Waals surface area contributed by atoms with E-state index < -0.39 is 0 Å². The van der Waals surface area contributed by atoms with Crippen LogP contribution in [0.25, 0.3) is 116 Å². The maximum absolute atomic E-state index is 6.58. The summed E-state index contributed by atoms with van der Waals surface area (Å²) in [5.74, 6) is 0. The van der Waals surface area contributed by atoms with Gasteiger partial charge in [-0.2, -0.15) is 0 Å². The highest BCUT2D eigenvalue weighted by atomic mass is 16.3. The van der Waals surface area contributed by atoms with Crippen molar-refractivity contribution in [2.75, 3.05) is 0 Å². The third-order valence-electron chi connectivity index (χ3n) is 11.5. The Morgan fingerprint density at radius 2 is 0.889 bits per heavy atom. The van der Waals surface area contributed by atoms with Gasteiger partial charge in [-0.05, 0) is 121 Å². The second-order valence-electron chi connectivity index (χ2n) is 14.5. The van der Waals surface area contributed by atoms with Crippen molar-refractivity contribution in [3.05, 3.63) is 188 Å². The number of hydrogen-bond acceptors (Lipinski definition) is 1. The maximum atomic E-state index is 6.58. The van der Waals surface area contributed by atoms with Gasteiger partial charge in [-0.25, -0.2) is 0 Å². The minimum atomic E-state index is 0.915. The van der Waals surface area contributed by atoms with E-state index in [1.54, 1.807) is 0 Å². The number of rotatable bonds is 4. The molecule has 2 heteroatoms. The number of furan rings is 1. The molecule has 11 aromatic rings. The highest BCUT2D eigenvalue weighted by Gasteiger charge is 2.24. The Morgan fingerprint density at radius 1 is 0.296 bits per heavy atom. The molecule has 9 aromatic carbocycles. The molecule has 2 nitrogen and oxygen atoms in total. The highest BCUT2D eigenvalue weighted by molar-refractivity contribution is 6.28. The zero-order valence-corrected chi connectivity index (χ0v) is 29.3. The Balaban J connectivity index is 0.998. The Bertz CT molecular complexity index is 3320. The molecule has 0 bridgehead atoms. The van der Waals surface area contributed by atoms with Gasteiger partial charge in [0, 0.05) is 27.2 Å². The quantitative estimate of drug-likeness (QED) is 0.180. The monoisotopic (exact) mass is 685 g/mol. The summed E-state index contributed by atoms with van der Waals surface area (Å²) in [5, 5.41) is 7.39. The first-order valence-corrected chi connectivity index (χ1v) is 18.6. The standard InChI is InChI=1S/C52H31NO/c1-2-11-32(12-3-1)33-13-8-14-34(27-33)35-15-9-16-38(28-35)53-47-22-7-6-19-41(47)44-29-36(23-25-48(44)53)37-24-26-49-46(30-37)52-43-21-10-20-42-39-17-4-5-18-40(39)45(51(42)43)31-50(52)54-49/h1-31H. The zero-order valence-electron chi connectivity index (χ0n) is 29.3. The van der Waals surface area contributed by atoms with Crippen LogP contribution in [0, 0.1) is 0 Å². The Kier molecular flexibility index (Phi) is 6.09. The maximum Gasteiger partial charge on any atom is 0.136 e. The minimum absolute atomic E-state index is 0.915. The average Bonchev–Trinajstić information content (AvgIpc) is 3.89. The highest BCUT2D eigenvalue weighted by Crippen LogP contribution is 2.51. The summed E-state index contributed by atoms with van der Waals surface area (Å²) in [7, 11) is 0.